The molecule has 1 N–H and O–H groups in total. The number of fused-ring (bicyclic) bond motifs is 1. The molecule has 3 nitrogen and oxygen atoms in total. The lowest BCUT2D eigenvalue weighted by atomic mass is 9.99. The number of benzene rings is 1. The van der Waals surface area contributed by atoms with E-state index in [1.807, 2.05) is 6.07 Å². The molecule has 0 radical (unpaired) electrons. The van der Waals surface area contributed by atoms with Crippen LogP contribution in [-0.4, -0.2) is 16.1 Å². The first-order valence-electron chi connectivity index (χ1n) is 5.88. The molecule has 1 saturated heterocycles. The van der Waals surface area contributed by atoms with Gasteiger partial charge in [0, 0.05) is 7.05 Å². The highest BCUT2D eigenvalue weighted by Gasteiger charge is 2.34. The summed E-state index contributed by atoms with van der Waals surface area (Å²) in [7, 11) is 2.11. The molecule has 1 aromatic heterocycles. The second-order valence-electron chi connectivity index (χ2n) is 4.85. The van der Waals surface area contributed by atoms with Crippen LogP contribution in [0.25, 0.3) is 11.0 Å². The fourth-order valence-electron chi connectivity index (χ4n) is 2.72. The Balaban J connectivity index is 2.20. The van der Waals surface area contributed by atoms with Crippen molar-refractivity contribution in [1.29, 1.82) is 0 Å². The molecular weight excluding hydrogens is 198 g/mol. The molecule has 1 atom stereocenters. The largest absolute Gasteiger partial charge is 0.330 e. The van der Waals surface area contributed by atoms with Crippen molar-refractivity contribution >= 4 is 11.0 Å². The molecule has 1 unspecified atom stereocenters. The number of nitrogens with zero attached hydrogens (tertiary/aromatic N) is 2. The topological polar surface area (TPSA) is 29.9 Å². The number of hydrogen-bond acceptors (Lipinski definition) is 2. The Bertz CT molecular complexity index is 521. The van der Waals surface area contributed by atoms with Crippen molar-refractivity contribution in [3.8, 4) is 0 Å². The van der Waals surface area contributed by atoms with Gasteiger partial charge in [-0.2, -0.15) is 0 Å². The number of aromatic nitrogens is 2. The van der Waals surface area contributed by atoms with Gasteiger partial charge in [-0.15, -0.1) is 0 Å². The van der Waals surface area contributed by atoms with E-state index < -0.39 is 0 Å². The van der Waals surface area contributed by atoms with E-state index in [4.69, 9.17) is 4.98 Å². The zero-order valence-corrected chi connectivity index (χ0v) is 9.83. The summed E-state index contributed by atoms with van der Waals surface area (Å²) in [6.45, 7) is 3.35. The van der Waals surface area contributed by atoms with Crippen LogP contribution >= 0.6 is 0 Å². The second-order valence-corrected chi connectivity index (χ2v) is 4.85. The van der Waals surface area contributed by atoms with Crippen molar-refractivity contribution in [2.24, 2.45) is 7.05 Å². The van der Waals surface area contributed by atoms with Gasteiger partial charge in [0.2, 0.25) is 0 Å². The number of nitrogens with one attached hydrogen (secondary N) is 1. The van der Waals surface area contributed by atoms with Crippen LogP contribution in [0.15, 0.2) is 24.3 Å². The number of hydrogen-bond donors (Lipinski definition) is 1. The monoisotopic (exact) mass is 215 g/mol. The summed E-state index contributed by atoms with van der Waals surface area (Å²) in [5, 5.41) is 3.57. The Morgan fingerprint density at radius 1 is 1.38 bits per heavy atom. The number of para-hydroxylation sites is 2. The molecule has 0 bridgehead atoms. The minimum Gasteiger partial charge on any atom is -0.330 e. The van der Waals surface area contributed by atoms with E-state index in [2.05, 4.69) is 42.1 Å². The predicted octanol–water partition coefficient (Wildman–Crippen LogP) is 2.17. The normalized spacial score (nSPS) is 25.4. The van der Waals surface area contributed by atoms with Crippen molar-refractivity contribution in [3.05, 3.63) is 30.1 Å². The van der Waals surface area contributed by atoms with Gasteiger partial charge in [0.1, 0.15) is 5.82 Å². The molecule has 84 valence electrons. The minimum atomic E-state index is 0.0494. The molecule has 3 rings (SSSR count). The fraction of sp³-hybridized carbons (Fsp3) is 0.462. The van der Waals surface area contributed by atoms with Crippen LogP contribution in [-0.2, 0) is 12.6 Å². The quantitative estimate of drug-likeness (QED) is 0.790. The first kappa shape index (κ1) is 9.85. The van der Waals surface area contributed by atoms with Gasteiger partial charge in [0.15, 0.2) is 0 Å². The zero-order chi connectivity index (χ0) is 11.2. The highest BCUT2D eigenvalue weighted by molar-refractivity contribution is 5.76. The van der Waals surface area contributed by atoms with Gasteiger partial charge in [0.25, 0.3) is 0 Å². The van der Waals surface area contributed by atoms with E-state index in [0.29, 0.717) is 0 Å². The molecule has 0 amide bonds. The van der Waals surface area contributed by atoms with Crippen LogP contribution in [0.1, 0.15) is 25.6 Å². The maximum Gasteiger partial charge on any atom is 0.129 e. The van der Waals surface area contributed by atoms with Crippen LogP contribution in [0.5, 0.6) is 0 Å². The molecule has 1 aromatic carbocycles. The SMILES string of the molecule is Cn1c(C2(C)CCCN2)nc2ccccc21. The molecule has 16 heavy (non-hydrogen) atoms. The van der Waals surface area contributed by atoms with Gasteiger partial charge in [-0.05, 0) is 38.4 Å². The van der Waals surface area contributed by atoms with E-state index in [9.17, 15) is 0 Å². The summed E-state index contributed by atoms with van der Waals surface area (Å²) >= 11 is 0. The van der Waals surface area contributed by atoms with Crippen molar-refractivity contribution in [1.82, 2.24) is 14.9 Å². The maximum atomic E-state index is 4.77. The van der Waals surface area contributed by atoms with Gasteiger partial charge in [-0.1, -0.05) is 12.1 Å². The first-order chi connectivity index (χ1) is 7.71. The van der Waals surface area contributed by atoms with Crippen molar-refractivity contribution < 1.29 is 0 Å². The molecule has 0 aliphatic carbocycles. The summed E-state index contributed by atoms with van der Waals surface area (Å²) in [5.41, 5.74) is 2.36. The third-order valence-electron chi connectivity index (χ3n) is 3.65. The fourth-order valence-corrected chi connectivity index (χ4v) is 2.72. The van der Waals surface area contributed by atoms with Crippen LogP contribution in [0.3, 0.4) is 0 Å². The summed E-state index contributed by atoms with van der Waals surface area (Å²) in [6.07, 6.45) is 2.41. The molecule has 0 spiro atoms. The molecule has 1 fully saturated rings. The minimum absolute atomic E-state index is 0.0494. The van der Waals surface area contributed by atoms with Gasteiger partial charge in [-0.25, -0.2) is 4.98 Å². The third-order valence-corrected chi connectivity index (χ3v) is 3.65. The molecule has 1 aliphatic rings. The summed E-state index contributed by atoms with van der Waals surface area (Å²) in [5.74, 6) is 1.16. The average molecular weight is 215 g/mol. The smallest absolute Gasteiger partial charge is 0.129 e. The van der Waals surface area contributed by atoms with Gasteiger partial charge in [-0.3, -0.25) is 0 Å². The van der Waals surface area contributed by atoms with Crippen LogP contribution < -0.4 is 5.32 Å². The van der Waals surface area contributed by atoms with Crippen molar-refractivity contribution in [3.63, 3.8) is 0 Å². The Morgan fingerprint density at radius 2 is 2.19 bits per heavy atom. The highest BCUT2D eigenvalue weighted by atomic mass is 15.1. The second kappa shape index (κ2) is 3.32. The molecule has 2 aromatic rings. The van der Waals surface area contributed by atoms with Gasteiger partial charge in [0.05, 0.1) is 16.6 Å². The maximum absolute atomic E-state index is 4.77. The zero-order valence-electron chi connectivity index (χ0n) is 9.83. The lowest BCUT2D eigenvalue weighted by Gasteiger charge is -2.23. The van der Waals surface area contributed by atoms with Crippen molar-refractivity contribution in [2.75, 3.05) is 6.54 Å². The van der Waals surface area contributed by atoms with Gasteiger partial charge < -0.3 is 9.88 Å². The Hall–Kier alpha value is -1.35. The Kier molecular flexibility index (Phi) is 2.04. The lowest BCUT2D eigenvalue weighted by molar-refractivity contribution is 0.397. The van der Waals surface area contributed by atoms with Crippen LogP contribution in [0.4, 0.5) is 0 Å². The van der Waals surface area contributed by atoms with E-state index in [-0.39, 0.29) is 5.54 Å². The number of aryl methyl sites for hydroxylation is 1. The summed E-state index contributed by atoms with van der Waals surface area (Å²) in [4.78, 5) is 4.77. The van der Waals surface area contributed by atoms with Gasteiger partial charge >= 0.3 is 0 Å². The Labute approximate surface area is 95.5 Å². The van der Waals surface area contributed by atoms with Crippen LogP contribution in [0.2, 0.25) is 0 Å². The average Bonchev–Trinajstić information content (AvgIpc) is 2.86. The molecule has 1 aliphatic heterocycles. The predicted molar refractivity (Wildman–Crippen MR) is 65.3 cm³/mol. The number of rotatable bonds is 1. The molecular formula is C13H17N3. The lowest BCUT2D eigenvalue weighted by Crippen LogP contribution is -2.35. The van der Waals surface area contributed by atoms with Crippen molar-refractivity contribution in [2.45, 2.75) is 25.3 Å². The molecule has 0 saturated carbocycles. The molecule has 3 heteroatoms. The molecule has 2 heterocycles. The summed E-state index contributed by atoms with van der Waals surface area (Å²) in [6, 6.07) is 8.32. The first-order valence-corrected chi connectivity index (χ1v) is 5.88. The van der Waals surface area contributed by atoms with Crippen LogP contribution in [0, 0.1) is 0 Å². The number of imidazole rings is 1. The van der Waals surface area contributed by atoms with E-state index in [0.717, 1.165) is 17.9 Å². The van der Waals surface area contributed by atoms with E-state index in [1.54, 1.807) is 0 Å². The Morgan fingerprint density at radius 3 is 2.88 bits per heavy atom. The van der Waals surface area contributed by atoms with E-state index in [1.165, 1.54) is 18.4 Å². The third kappa shape index (κ3) is 1.28. The van der Waals surface area contributed by atoms with E-state index >= 15 is 0 Å². The summed E-state index contributed by atoms with van der Waals surface area (Å²) < 4.78 is 2.22. The standard InChI is InChI=1S/C13H17N3/c1-13(8-5-9-14-13)12-15-10-6-3-4-7-11(10)16(12)2/h3-4,6-7,14H,5,8-9H2,1-2H3. The highest BCUT2D eigenvalue weighted by Crippen LogP contribution is 2.31.